The summed E-state index contributed by atoms with van der Waals surface area (Å²) in [5, 5.41) is 3.24. The monoisotopic (exact) mass is 292 g/mol. The van der Waals surface area contributed by atoms with Gasteiger partial charge in [-0.25, -0.2) is 4.39 Å². The van der Waals surface area contributed by atoms with Gasteiger partial charge in [0, 0.05) is 13.1 Å². The third-order valence-corrected chi connectivity index (χ3v) is 4.63. The fraction of sp³-hybridized carbons (Fsp3) is 0.647. The van der Waals surface area contributed by atoms with Crippen LogP contribution in [0.1, 0.15) is 38.2 Å². The quantitative estimate of drug-likeness (QED) is 0.923. The molecule has 2 fully saturated rings. The van der Waals surface area contributed by atoms with Crippen molar-refractivity contribution in [3.05, 3.63) is 29.6 Å². The molecule has 1 aliphatic heterocycles. The number of nitrogens with zero attached hydrogens (tertiary/aromatic N) is 1. The van der Waals surface area contributed by atoms with Crippen molar-refractivity contribution in [3.63, 3.8) is 0 Å². The van der Waals surface area contributed by atoms with E-state index in [0.717, 1.165) is 43.7 Å². The van der Waals surface area contributed by atoms with Crippen molar-refractivity contribution in [2.75, 3.05) is 24.6 Å². The maximum Gasteiger partial charge on any atom is 0.146 e. The van der Waals surface area contributed by atoms with Crippen LogP contribution in [0.3, 0.4) is 0 Å². The molecule has 0 spiro atoms. The first-order valence-corrected chi connectivity index (χ1v) is 8.17. The Balaban J connectivity index is 1.78. The molecule has 1 aromatic rings. The summed E-state index contributed by atoms with van der Waals surface area (Å²) >= 11 is 0. The highest BCUT2D eigenvalue weighted by atomic mass is 19.1. The zero-order valence-electron chi connectivity index (χ0n) is 12.8. The molecule has 4 heteroatoms. The normalized spacial score (nSPS) is 25.7. The highest BCUT2D eigenvalue weighted by Gasteiger charge is 2.35. The molecule has 1 saturated heterocycles. The van der Waals surface area contributed by atoms with Gasteiger partial charge in [0.15, 0.2) is 0 Å². The van der Waals surface area contributed by atoms with Gasteiger partial charge in [0.25, 0.3) is 0 Å². The van der Waals surface area contributed by atoms with E-state index in [9.17, 15) is 4.39 Å². The van der Waals surface area contributed by atoms with Crippen molar-refractivity contribution in [2.24, 2.45) is 0 Å². The number of ether oxygens (including phenoxy) is 1. The summed E-state index contributed by atoms with van der Waals surface area (Å²) in [4.78, 5) is 2.24. The maximum absolute atomic E-state index is 14.5. The molecule has 21 heavy (non-hydrogen) atoms. The number of halogens is 1. The molecular weight excluding hydrogens is 267 g/mol. The van der Waals surface area contributed by atoms with E-state index in [0.29, 0.717) is 12.6 Å². The lowest BCUT2D eigenvalue weighted by Gasteiger charge is -2.45. The summed E-state index contributed by atoms with van der Waals surface area (Å²) in [6.07, 6.45) is 4.97. The van der Waals surface area contributed by atoms with Gasteiger partial charge in [-0.1, -0.05) is 25.8 Å². The Morgan fingerprint density at radius 1 is 1.33 bits per heavy atom. The minimum Gasteiger partial charge on any atom is -0.374 e. The van der Waals surface area contributed by atoms with Crippen LogP contribution in [0.4, 0.5) is 10.1 Å². The van der Waals surface area contributed by atoms with E-state index >= 15 is 0 Å². The number of morpholine rings is 1. The van der Waals surface area contributed by atoms with Crippen molar-refractivity contribution < 1.29 is 9.13 Å². The molecule has 2 aliphatic rings. The number of rotatable bonds is 4. The highest BCUT2D eigenvalue weighted by Crippen LogP contribution is 2.33. The fourth-order valence-corrected chi connectivity index (χ4v) is 3.56. The number of hydrogen-bond acceptors (Lipinski definition) is 3. The minimum atomic E-state index is -0.100. The van der Waals surface area contributed by atoms with Gasteiger partial charge in [0.2, 0.25) is 0 Å². The van der Waals surface area contributed by atoms with E-state index < -0.39 is 0 Å². The van der Waals surface area contributed by atoms with Gasteiger partial charge in [-0.2, -0.15) is 0 Å². The van der Waals surface area contributed by atoms with Crippen molar-refractivity contribution in [3.8, 4) is 0 Å². The zero-order valence-corrected chi connectivity index (χ0v) is 12.8. The van der Waals surface area contributed by atoms with Crippen molar-refractivity contribution in [1.82, 2.24) is 5.32 Å². The van der Waals surface area contributed by atoms with Crippen LogP contribution in [-0.2, 0) is 11.3 Å². The fourth-order valence-electron chi connectivity index (χ4n) is 3.56. The van der Waals surface area contributed by atoms with Crippen LogP contribution >= 0.6 is 0 Å². The molecule has 1 aliphatic carbocycles. The first-order valence-electron chi connectivity index (χ1n) is 8.17. The number of benzene rings is 1. The van der Waals surface area contributed by atoms with E-state index in [1.807, 2.05) is 12.1 Å². The Kier molecular flexibility index (Phi) is 4.76. The third-order valence-electron chi connectivity index (χ3n) is 4.63. The summed E-state index contributed by atoms with van der Waals surface area (Å²) in [6, 6.07) is 6.00. The maximum atomic E-state index is 14.5. The number of hydrogen-bond donors (Lipinski definition) is 1. The molecule has 0 bridgehead atoms. The van der Waals surface area contributed by atoms with E-state index in [4.69, 9.17) is 4.74 Å². The largest absolute Gasteiger partial charge is 0.374 e. The van der Waals surface area contributed by atoms with E-state index in [1.165, 1.54) is 12.8 Å². The van der Waals surface area contributed by atoms with Gasteiger partial charge in [-0.3, -0.25) is 0 Å². The number of nitrogens with one attached hydrogen (secondary N) is 1. The predicted octanol–water partition coefficient (Wildman–Crippen LogP) is 3.08. The molecule has 3 rings (SSSR count). The zero-order chi connectivity index (χ0) is 14.7. The van der Waals surface area contributed by atoms with Crippen molar-refractivity contribution >= 4 is 5.69 Å². The van der Waals surface area contributed by atoms with Gasteiger partial charge < -0.3 is 15.0 Å². The smallest absolute Gasteiger partial charge is 0.146 e. The standard InChI is InChI=1S/C17H25FN2O/c1-2-19-12-13-7-8-15(14(18)11-13)20-9-10-21-17-6-4-3-5-16(17)20/h7-8,11,16-17,19H,2-6,9-10,12H2,1H3. The van der Waals surface area contributed by atoms with Gasteiger partial charge in [-0.15, -0.1) is 0 Å². The molecule has 1 N–H and O–H groups in total. The van der Waals surface area contributed by atoms with Crippen molar-refractivity contribution in [1.29, 1.82) is 0 Å². The SMILES string of the molecule is CCNCc1ccc(N2CCOC3CCCCC32)c(F)c1. The van der Waals surface area contributed by atoms with Gasteiger partial charge in [0.05, 0.1) is 24.4 Å². The average Bonchev–Trinajstić information content (AvgIpc) is 2.53. The predicted molar refractivity (Wildman–Crippen MR) is 83.1 cm³/mol. The van der Waals surface area contributed by atoms with Crippen LogP contribution in [0.5, 0.6) is 0 Å². The van der Waals surface area contributed by atoms with Crippen LogP contribution in [-0.4, -0.2) is 31.8 Å². The average molecular weight is 292 g/mol. The van der Waals surface area contributed by atoms with E-state index in [1.54, 1.807) is 6.07 Å². The lowest BCUT2D eigenvalue weighted by Crippen LogP contribution is -2.53. The van der Waals surface area contributed by atoms with Crippen LogP contribution in [0, 0.1) is 5.82 Å². The van der Waals surface area contributed by atoms with E-state index in [-0.39, 0.29) is 11.9 Å². The highest BCUT2D eigenvalue weighted by molar-refractivity contribution is 5.51. The minimum absolute atomic E-state index is 0.100. The molecule has 1 aromatic carbocycles. The Bertz CT molecular complexity index is 478. The molecule has 2 unspecified atom stereocenters. The second-order valence-electron chi connectivity index (χ2n) is 6.02. The van der Waals surface area contributed by atoms with Gasteiger partial charge >= 0.3 is 0 Å². The molecule has 116 valence electrons. The van der Waals surface area contributed by atoms with Crippen LogP contribution in [0.25, 0.3) is 0 Å². The first-order chi connectivity index (χ1) is 10.3. The molecule has 0 radical (unpaired) electrons. The third kappa shape index (κ3) is 3.22. The molecule has 0 amide bonds. The number of anilines is 1. The molecule has 3 nitrogen and oxygen atoms in total. The van der Waals surface area contributed by atoms with Crippen molar-refractivity contribution in [2.45, 2.75) is 51.3 Å². The Morgan fingerprint density at radius 2 is 2.19 bits per heavy atom. The summed E-state index contributed by atoms with van der Waals surface area (Å²) in [5.74, 6) is -0.100. The molecule has 1 heterocycles. The van der Waals surface area contributed by atoms with Gasteiger partial charge in [-0.05, 0) is 37.1 Å². The second-order valence-corrected chi connectivity index (χ2v) is 6.02. The summed E-state index contributed by atoms with van der Waals surface area (Å²) in [7, 11) is 0. The second kappa shape index (κ2) is 6.75. The summed E-state index contributed by atoms with van der Waals surface area (Å²) in [5.41, 5.74) is 1.75. The lowest BCUT2D eigenvalue weighted by atomic mass is 9.89. The van der Waals surface area contributed by atoms with E-state index in [2.05, 4.69) is 17.1 Å². The van der Waals surface area contributed by atoms with Crippen LogP contribution in [0.15, 0.2) is 18.2 Å². The molecule has 2 atom stereocenters. The summed E-state index contributed by atoms with van der Waals surface area (Å²) < 4.78 is 20.4. The molecule has 1 saturated carbocycles. The van der Waals surface area contributed by atoms with Crippen LogP contribution in [0.2, 0.25) is 0 Å². The Labute approximate surface area is 126 Å². The Morgan fingerprint density at radius 3 is 3.00 bits per heavy atom. The first kappa shape index (κ1) is 14.8. The lowest BCUT2D eigenvalue weighted by molar-refractivity contribution is -0.00891. The summed E-state index contributed by atoms with van der Waals surface area (Å²) in [6.45, 7) is 5.19. The molecule has 0 aromatic heterocycles. The molecular formula is C17H25FN2O. The van der Waals surface area contributed by atoms with Gasteiger partial charge in [0.1, 0.15) is 5.82 Å². The number of fused-ring (bicyclic) bond motifs is 1. The van der Waals surface area contributed by atoms with Crippen LogP contribution < -0.4 is 10.2 Å². The Hall–Kier alpha value is -1.13. The topological polar surface area (TPSA) is 24.5 Å².